The van der Waals surface area contributed by atoms with Crippen LogP contribution < -0.4 is 5.32 Å². The first kappa shape index (κ1) is 16.8. The van der Waals surface area contributed by atoms with E-state index in [1.54, 1.807) is 16.9 Å². The van der Waals surface area contributed by atoms with Gasteiger partial charge in [0.05, 0.1) is 24.1 Å². The minimum Gasteiger partial charge on any atom is -0.318 e. The molecule has 0 bridgehead atoms. The molecule has 0 radical (unpaired) electrons. The average Bonchev–Trinajstić information content (AvgIpc) is 3.33. The van der Waals surface area contributed by atoms with Gasteiger partial charge >= 0.3 is 0 Å². The Hall–Kier alpha value is -3.67. The number of hydrogen-bond donors (Lipinski definition) is 2. The highest BCUT2D eigenvalue weighted by atomic mass is 16.1. The molecule has 2 aromatic heterocycles. The number of rotatable bonds is 5. The summed E-state index contributed by atoms with van der Waals surface area (Å²) in [6.45, 7) is 2.68. The fourth-order valence-electron chi connectivity index (χ4n) is 2.79. The summed E-state index contributed by atoms with van der Waals surface area (Å²) in [6, 6.07) is 19.8. The molecule has 6 nitrogen and oxygen atoms in total. The molecule has 27 heavy (non-hydrogen) atoms. The second-order valence-corrected chi connectivity index (χ2v) is 6.40. The Morgan fingerprint density at radius 3 is 2.67 bits per heavy atom. The van der Waals surface area contributed by atoms with E-state index in [0.29, 0.717) is 17.9 Å². The molecule has 4 aromatic rings. The molecular weight excluding hydrogens is 338 g/mol. The zero-order chi connectivity index (χ0) is 18.6. The number of carbonyl (C=O) groups excluding carboxylic acids is 1. The largest absolute Gasteiger partial charge is 0.318 e. The van der Waals surface area contributed by atoms with Gasteiger partial charge in [0.25, 0.3) is 5.91 Å². The van der Waals surface area contributed by atoms with Gasteiger partial charge in [-0.15, -0.1) is 0 Å². The maximum absolute atomic E-state index is 12.5. The molecule has 0 fully saturated rings. The van der Waals surface area contributed by atoms with Crippen LogP contribution in [0.4, 0.5) is 5.69 Å². The van der Waals surface area contributed by atoms with Crippen LogP contribution in [-0.2, 0) is 6.54 Å². The van der Waals surface area contributed by atoms with E-state index >= 15 is 0 Å². The van der Waals surface area contributed by atoms with E-state index in [2.05, 4.69) is 20.6 Å². The van der Waals surface area contributed by atoms with Gasteiger partial charge in [-0.2, -0.15) is 10.2 Å². The van der Waals surface area contributed by atoms with Crippen LogP contribution in [0.2, 0.25) is 0 Å². The third-order valence-electron chi connectivity index (χ3n) is 4.25. The first-order valence-electron chi connectivity index (χ1n) is 8.67. The maximum Gasteiger partial charge on any atom is 0.273 e. The van der Waals surface area contributed by atoms with Crippen LogP contribution >= 0.6 is 0 Å². The quantitative estimate of drug-likeness (QED) is 0.569. The van der Waals surface area contributed by atoms with Crippen molar-refractivity contribution in [2.24, 2.45) is 0 Å². The number of anilines is 1. The molecule has 2 N–H and O–H groups in total. The van der Waals surface area contributed by atoms with Crippen LogP contribution in [0.3, 0.4) is 0 Å². The zero-order valence-electron chi connectivity index (χ0n) is 14.9. The van der Waals surface area contributed by atoms with Crippen LogP contribution in [0.15, 0.2) is 73.1 Å². The van der Waals surface area contributed by atoms with Crippen molar-refractivity contribution in [2.75, 3.05) is 5.32 Å². The number of aryl methyl sites for hydroxylation is 1. The number of benzene rings is 2. The topological polar surface area (TPSA) is 75.6 Å². The molecule has 4 rings (SSSR count). The van der Waals surface area contributed by atoms with Crippen molar-refractivity contribution < 1.29 is 4.79 Å². The number of amides is 1. The summed E-state index contributed by atoms with van der Waals surface area (Å²) in [5, 5.41) is 14.2. The number of aromatic nitrogens is 4. The van der Waals surface area contributed by atoms with Crippen LogP contribution in [-0.4, -0.2) is 25.9 Å². The minimum absolute atomic E-state index is 0.250. The molecule has 0 aliphatic heterocycles. The number of hydrogen-bond acceptors (Lipinski definition) is 3. The fourth-order valence-corrected chi connectivity index (χ4v) is 2.79. The van der Waals surface area contributed by atoms with Crippen molar-refractivity contribution >= 4 is 11.6 Å². The number of aromatic amines is 1. The first-order chi connectivity index (χ1) is 13.2. The summed E-state index contributed by atoms with van der Waals surface area (Å²) in [5.41, 5.74) is 5.07. The molecule has 0 saturated carbocycles. The Labute approximate surface area is 156 Å². The van der Waals surface area contributed by atoms with Gasteiger partial charge < -0.3 is 5.32 Å². The van der Waals surface area contributed by atoms with E-state index in [4.69, 9.17) is 0 Å². The second-order valence-electron chi connectivity index (χ2n) is 6.40. The molecule has 6 heteroatoms. The molecule has 2 aromatic carbocycles. The number of nitrogens with zero attached hydrogens (tertiary/aromatic N) is 3. The van der Waals surface area contributed by atoms with Gasteiger partial charge in [-0.25, -0.2) is 0 Å². The summed E-state index contributed by atoms with van der Waals surface area (Å²) in [6.07, 6.45) is 3.44. The number of H-pyrrole nitrogens is 1. The Kier molecular flexibility index (Phi) is 4.53. The van der Waals surface area contributed by atoms with E-state index in [1.807, 2.05) is 67.7 Å². The highest BCUT2D eigenvalue weighted by Gasteiger charge is 2.12. The Balaban J connectivity index is 1.43. The molecule has 0 saturated heterocycles. The number of nitrogens with one attached hydrogen (secondary N) is 2. The zero-order valence-corrected chi connectivity index (χ0v) is 14.9. The number of carbonyl (C=O) groups is 1. The van der Waals surface area contributed by atoms with Gasteiger partial charge in [0.2, 0.25) is 0 Å². The average molecular weight is 357 g/mol. The highest BCUT2D eigenvalue weighted by Crippen LogP contribution is 2.19. The van der Waals surface area contributed by atoms with Crippen molar-refractivity contribution in [2.45, 2.75) is 13.5 Å². The Morgan fingerprint density at radius 2 is 1.89 bits per heavy atom. The molecule has 1 amide bonds. The van der Waals surface area contributed by atoms with Gasteiger partial charge in [0.15, 0.2) is 0 Å². The lowest BCUT2D eigenvalue weighted by atomic mass is 10.1. The summed E-state index contributed by atoms with van der Waals surface area (Å²) in [7, 11) is 0. The van der Waals surface area contributed by atoms with Gasteiger partial charge in [-0.05, 0) is 18.6 Å². The lowest BCUT2D eigenvalue weighted by Gasteiger charge is -2.01. The van der Waals surface area contributed by atoms with Gasteiger partial charge in [-0.1, -0.05) is 60.2 Å². The Bertz CT molecular complexity index is 1050. The maximum atomic E-state index is 12.5. The van der Waals surface area contributed by atoms with Crippen molar-refractivity contribution in [1.82, 2.24) is 20.0 Å². The van der Waals surface area contributed by atoms with Crippen molar-refractivity contribution in [3.8, 4) is 11.3 Å². The predicted molar refractivity (Wildman–Crippen MR) is 104 cm³/mol. The first-order valence-corrected chi connectivity index (χ1v) is 8.67. The summed E-state index contributed by atoms with van der Waals surface area (Å²) in [5.74, 6) is -0.250. The van der Waals surface area contributed by atoms with Crippen molar-refractivity contribution in [3.05, 3.63) is 89.9 Å². The molecule has 0 aliphatic rings. The SMILES string of the molecule is Cc1ccc(-c2cc(C(=O)Nc3cnn(Cc4ccccc4)c3)[nH]n2)cc1. The van der Waals surface area contributed by atoms with Crippen molar-refractivity contribution in [3.63, 3.8) is 0 Å². The fraction of sp³-hybridized carbons (Fsp3) is 0.0952. The van der Waals surface area contributed by atoms with Crippen LogP contribution in [0.1, 0.15) is 21.6 Å². The molecule has 134 valence electrons. The van der Waals surface area contributed by atoms with Gasteiger partial charge in [-0.3, -0.25) is 14.6 Å². The van der Waals surface area contributed by atoms with Crippen molar-refractivity contribution in [1.29, 1.82) is 0 Å². The Morgan fingerprint density at radius 1 is 1.11 bits per heavy atom. The standard InChI is InChI=1S/C21H19N5O/c1-15-7-9-17(10-8-15)19-11-20(25-24-19)21(27)23-18-12-22-26(14-18)13-16-5-3-2-4-6-16/h2-12,14H,13H2,1H3,(H,23,27)(H,24,25). The third-order valence-corrected chi connectivity index (χ3v) is 4.25. The minimum atomic E-state index is -0.250. The van der Waals surface area contributed by atoms with E-state index in [1.165, 1.54) is 5.56 Å². The molecule has 0 unspecified atom stereocenters. The summed E-state index contributed by atoms with van der Waals surface area (Å²) >= 11 is 0. The van der Waals surface area contributed by atoms with E-state index in [-0.39, 0.29) is 5.91 Å². The molecule has 0 atom stereocenters. The van der Waals surface area contributed by atoms with Gasteiger partial charge in [0, 0.05) is 11.8 Å². The normalized spacial score (nSPS) is 10.7. The summed E-state index contributed by atoms with van der Waals surface area (Å²) in [4.78, 5) is 12.5. The monoisotopic (exact) mass is 357 g/mol. The van der Waals surface area contributed by atoms with E-state index in [0.717, 1.165) is 16.8 Å². The molecule has 2 heterocycles. The third kappa shape index (κ3) is 3.95. The predicted octanol–water partition coefficient (Wildman–Crippen LogP) is 3.88. The van der Waals surface area contributed by atoms with Crippen LogP contribution in [0.25, 0.3) is 11.3 Å². The van der Waals surface area contributed by atoms with Gasteiger partial charge in [0.1, 0.15) is 5.69 Å². The smallest absolute Gasteiger partial charge is 0.273 e. The molecular formula is C21H19N5O. The molecule has 0 spiro atoms. The second kappa shape index (κ2) is 7.29. The summed E-state index contributed by atoms with van der Waals surface area (Å²) < 4.78 is 1.79. The molecule has 0 aliphatic carbocycles. The highest BCUT2D eigenvalue weighted by molar-refractivity contribution is 6.03. The van der Waals surface area contributed by atoms with Crippen LogP contribution in [0, 0.1) is 6.92 Å². The van der Waals surface area contributed by atoms with E-state index < -0.39 is 0 Å². The van der Waals surface area contributed by atoms with E-state index in [9.17, 15) is 4.79 Å². The lowest BCUT2D eigenvalue weighted by molar-refractivity contribution is 0.102. The lowest BCUT2D eigenvalue weighted by Crippen LogP contribution is -2.11. The van der Waals surface area contributed by atoms with Crippen LogP contribution in [0.5, 0.6) is 0 Å².